The van der Waals surface area contributed by atoms with E-state index in [4.69, 9.17) is 23.2 Å². The Morgan fingerprint density at radius 1 is 0.528 bits per heavy atom. The van der Waals surface area contributed by atoms with Gasteiger partial charge < -0.3 is 0 Å². The van der Waals surface area contributed by atoms with E-state index in [9.17, 15) is 9.59 Å². The molecule has 180 valence electrons. The van der Waals surface area contributed by atoms with Crippen LogP contribution in [0.15, 0.2) is 119 Å². The van der Waals surface area contributed by atoms with Gasteiger partial charge in [0, 0.05) is 22.5 Å². The first-order chi connectivity index (χ1) is 17.6. The van der Waals surface area contributed by atoms with Crippen molar-refractivity contribution in [3.63, 3.8) is 0 Å². The third kappa shape index (κ3) is 5.97. The highest BCUT2D eigenvalue weighted by atomic mass is 35.5. The predicted molar refractivity (Wildman–Crippen MR) is 145 cm³/mol. The summed E-state index contributed by atoms with van der Waals surface area (Å²) in [5, 5.41) is 8.53. The molecule has 0 saturated heterocycles. The third-order valence-electron chi connectivity index (χ3n) is 5.37. The van der Waals surface area contributed by atoms with Crippen molar-refractivity contribution >= 4 is 57.8 Å². The molecule has 0 spiro atoms. The van der Waals surface area contributed by atoms with Crippen LogP contribution in [-0.4, -0.2) is 23.8 Å². The standard InChI is InChI=1S/C28H22Cl2N4O2/c29-19-33(27(35)21-7-3-1-4-8-21)25-15-11-23(12-16-25)31-32-24-13-17-26(18-14-24)34(20-30)28(36)22-9-5-2-6-10-22/h1-18H,19-20H2. The van der Waals surface area contributed by atoms with Gasteiger partial charge in [-0.1, -0.05) is 36.4 Å². The van der Waals surface area contributed by atoms with Gasteiger partial charge in [0.15, 0.2) is 0 Å². The highest BCUT2D eigenvalue weighted by molar-refractivity contribution is 6.23. The van der Waals surface area contributed by atoms with E-state index in [0.29, 0.717) is 33.9 Å². The van der Waals surface area contributed by atoms with Gasteiger partial charge in [-0.15, -0.1) is 23.2 Å². The van der Waals surface area contributed by atoms with E-state index in [1.54, 1.807) is 72.8 Å². The van der Waals surface area contributed by atoms with Crippen LogP contribution in [0.25, 0.3) is 0 Å². The predicted octanol–water partition coefficient (Wildman–Crippen LogP) is 7.79. The molecule has 0 atom stereocenters. The number of hydrogen-bond acceptors (Lipinski definition) is 4. The number of carbonyl (C=O) groups is 2. The van der Waals surface area contributed by atoms with Gasteiger partial charge >= 0.3 is 0 Å². The van der Waals surface area contributed by atoms with Gasteiger partial charge in [-0.2, -0.15) is 10.2 Å². The molecule has 4 rings (SSSR count). The van der Waals surface area contributed by atoms with Crippen LogP contribution >= 0.6 is 23.2 Å². The summed E-state index contributed by atoms with van der Waals surface area (Å²) >= 11 is 12.1. The van der Waals surface area contributed by atoms with Gasteiger partial charge in [-0.25, -0.2) is 0 Å². The summed E-state index contributed by atoms with van der Waals surface area (Å²) in [4.78, 5) is 28.5. The number of anilines is 2. The quantitative estimate of drug-likeness (QED) is 0.136. The second kappa shape index (κ2) is 12.1. The highest BCUT2D eigenvalue weighted by Gasteiger charge is 2.17. The van der Waals surface area contributed by atoms with Gasteiger partial charge in [-0.05, 0) is 72.8 Å². The lowest BCUT2D eigenvalue weighted by Gasteiger charge is -2.20. The zero-order chi connectivity index (χ0) is 25.3. The molecule has 36 heavy (non-hydrogen) atoms. The van der Waals surface area contributed by atoms with Crippen molar-refractivity contribution in [2.45, 2.75) is 0 Å². The van der Waals surface area contributed by atoms with E-state index in [0.717, 1.165) is 0 Å². The van der Waals surface area contributed by atoms with E-state index in [-0.39, 0.29) is 23.8 Å². The van der Waals surface area contributed by atoms with Gasteiger partial charge in [0.25, 0.3) is 11.8 Å². The number of alkyl halides is 2. The maximum Gasteiger partial charge on any atom is 0.259 e. The number of carbonyl (C=O) groups excluding carboxylic acids is 2. The van der Waals surface area contributed by atoms with Crippen molar-refractivity contribution in [1.82, 2.24) is 0 Å². The largest absolute Gasteiger partial charge is 0.294 e. The lowest BCUT2D eigenvalue weighted by molar-refractivity contribution is 0.0983. The van der Waals surface area contributed by atoms with Crippen molar-refractivity contribution in [2.24, 2.45) is 10.2 Å². The zero-order valence-electron chi connectivity index (χ0n) is 19.2. The Balaban J connectivity index is 1.43. The lowest BCUT2D eigenvalue weighted by Crippen LogP contribution is -2.29. The van der Waals surface area contributed by atoms with Crippen LogP contribution in [-0.2, 0) is 0 Å². The minimum atomic E-state index is -0.184. The number of hydrogen-bond donors (Lipinski definition) is 0. The fraction of sp³-hybridized carbons (Fsp3) is 0.0714. The Bertz CT molecular complexity index is 1220. The fourth-order valence-electron chi connectivity index (χ4n) is 3.47. The first-order valence-electron chi connectivity index (χ1n) is 11.1. The van der Waals surface area contributed by atoms with E-state index < -0.39 is 0 Å². The summed E-state index contributed by atoms with van der Waals surface area (Å²) in [7, 11) is 0. The van der Waals surface area contributed by atoms with Crippen molar-refractivity contribution in [3.8, 4) is 0 Å². The summed E-state index contributed by atoms with van der Waals surface area (Å²) in [5.74, 6) is -0.367. The molecule has 0 aliphatic heterocycles. The molecule has 8 heteroatoms. The molecule has 0 heterocycles. The van der Waals surface area contributed by atoms with Crippen LogP contribution in [0.3, 0.4) is 0 Å². The summed E-state index contributed by atoms with van der Waals surface area (Å²) in [6, 6.07) is 32.1. The van der Waals surface area contributed by atoms with Gasteiger partial charge in [0.05, 0.1) is 11.4 Å². The molecule has 0 bridgehead atoms. The van der Waals surface area contributed by atoms with Crippen LogP contribution < -0.4 is 9.80 Å². The molecule has 0 N–H and O–H groups in total. The molecule has 0 aromatic heterocycles. The fourth-order valence-corrected chi connectivity index (χ4v) is 3.96. The monoisotopic (exact) mass is 516 g/mol. The number of azo groups is 1. The van der Waals surface area contributed by atoms with Crippen molar-refractivity contribution in [2.75, 3.05) is 21.8 Å². The average molecular weight is 517 g/mol. The Hall–Kier alpha value is -4.00. The van der Waals surface area contributed by atoms with Crippen molar-refractivity contribution in [3.05, 3.63) is 120 Å². The maximum absolute atomic E-state index is 12.8. The van der Waals surface area contributed by atoms with E-state index >= 15 is 0 Å². The topological polar surface area (TPSA) is 65.3 Å². The molecule has 0 aliphatic rings. The van der Waals surface area contributed by atoms with E-state index in [2.05, 4.69) is 10.2 Å². The summed E-state index contributed by atoms with van der Waals surface area (Å²) in [5.41, 5.74) is 3.67. The average Bonchev–Trinajstić information content (AvgIpc) is 2.95. The number of nitrogens with zero attached hydrogens (tertiary/aromatic N) is 4. The molecule has 2 amide bonds. The molecule has 0 radical (unpaired) electrons. The highest BCUT2D eigenvalue weighted by Crippen LogP contribution is 2.26. The number of rotatable bonds is 8. The van der Waals surface area contributed by atoms with Gasteiger partial charge in [0.1, 0.15) is 12.0 Å². The maximum atomic E-state index is 12.8. The summed E-state index contributed by atoms with van der Waals surface area (Å²) < 4.78 is 0. The van der Waals surface area contributed by atoms with Crippen LogP contribution in [0, 0.1) is 0 Å². The molecule has 0 unspecified atom stereocenters. The second-order valence-corrected chi connectivity index (χ2v) is 8.15. The lowest BCUT2D eigenvalue weighted by atomic mass is 10.2. The van der Waals surface area contributed by atoms with Crippen LogP contribution in [0.1, 0.15) is 20.7 Å². The van der Waals surface area contributed by atoms with Crippen LogP contribution in [0.2, 0.25) is 0 Å². The molecule has 0 aliphatic carbocycles. The molecule has 0 fully saturated rings. The van der Waals surface area contributed by atoms with Gasteiger partial charge in [-0.3, -0.25) is 19.4 Å². The SMILES string of the molecule is O=C(c1ccccc1)N(CCl)c1ccc(N=Nc2ccc(N(CCl)C(=O)c3ccccc3)cc2)cc1. The first-order valence-corrected chi connectivity index (χ1v) is 12.2. The zero-order valence-corrected chi connectivity index (χ0v) is 20.7. The van der Waals surface area contributed by atoms with Crippen LogP contribution in [0.5, 0.6) is 0 Å². The normalized spacial score (nSPS) is 10.8. The molecule has 4 aromatic rings. The third-order valence-corrected chi connectivity index (χ3v) is 5.85. The Morgan fingerprint density at radius 2 is 0.861 bits per heavy atom. The van der Waals surface area contributed by atoms with Crippen molar-refractivity contribution in [1.29, 1.82) is 0 Å². The molecule has 0 saturated carbocycles. The van der Waals surface area contributed by atoms with E-state index in [1.807, 2.05) is 36.4 Å². The minimum absolute atomic E-state index is 0.0209. The van der Waals surface area contributed by atoms with Crippen LogP contribution in [0.4, 0.5) is 22.7 Å². The Kier molecular flexibility index (Phi) is 8.44. The van der Waals surface area contributed by atoms with E-state index in [1.165, 1.54) is 9.80 Å². The molecule has 6 nitrogen and oxygen atoms in total. The number of halogens is 2. The second-order valence-electron chi connectivity index (χ2n) is 7.67. The number of benzene rings is 4. The Morgan fingerprint density at radius 3 is 1.17 bits per heavy atom. The minimum Gasteiger partial charge on any atom is -0.294 e. The first kappa shape index (κ1) is 25.1. The molecular weight excluding hydrogens is 495 g/mol. The summed E-state index contributed by atoms with van der Waals surface area (Å²) in [6.07, 6.45) is 0. The smallest absolute Gasteiger partial charge is 0.259 e. The Labute approximate surface area is 219 Å². The van der Waals surface area contributed by atoms with Gasteiger partial charge in [0.2, 0.25) is 0 Å². The number of amides is 2. The molecule has 4 aromatic carbocycles. The summed E-state index contributed by atoms with van der Waals surface area (Å²) in [6.45, 7) is 0. The molecular formula is C28H22Cl2N4O2. The van der Waals surface area contributed by atoms with Crippen molar-refractivity contribution < 1.29 is 9.59 Å².